The van der Waals surface area contributed by atoms with Crippen LogP contribution in [0.4, 0.5) is 45.2 Å². The number of anilines is 1. The summed E-state index contributed by atoms with van der Waals surface area (Å²) in [6.07, 6.45) is -15.9. The van der Waals surface area contributed by atoms with Crippen molar-refractivity contribution in [3.05, 3.63) is 62.9 Å². The van der Waals surface area contributed by atoms with Gasteiger partial charge in [-0.3, -0.25) is 24.4 Å². The molecular weight excluding hydrogens is 599 g/mol. The van der Waals surface area contributed by atoms with Crippen molar-refractivity contribution in [1.29, 1.82) is 0 Å². The molecule has 2 aromatic heterocycles. The highest BCUT2D eigenvalue weighted by Crippen LogP contribution is 2.45. The van der Waals surface area contributed by atoms with Gasteiger partial charge in [0.05, 0.1) is 44.0 Å². The summed E-state index contributed by atoms with van der Waals surface area (Å²) in [5, 5.41) is -1.75. The fourth-order valence-electron chi connectivity index (χ4n) is 4.81. The second-order valence-corrected chi connectivity index (χ2v) is 9.52. The lowest BCUT2D eigenvalue weighted by Crippen LogP contribution is -2.36. The number of amides is 2. The van der Waals surface area contributed by atoms with E-state index in [1.165, 1.54) is 13.0 Å². The van der Waals surface area contributed by atoms with Crippen LogP contribution in [0.5, 0.6) is 0 Å². The Morgan fingerprint density at radius 3 is 1.93 bits per heavy atom. The lowest BCUT2D eigenvalue weighted by molar-refractivity contribution is -0.140. The van der Waals surface area contributed by atoms with E-state index in [0.717, 1.165) is 13.0 Å². The molecule has 216 valence electrons. The molecule has 0 aliphatic carbocycles. The molecule has 2 amide bonds. The Bertz CT molecular complexity index is 1830. The van der Waals surface area contributed by atoms with Crippen molar-refractivity contribution in [3.63, 3.8) is 0 Å². The molecule has 17 heteroatoms. The van der Waals surface area contributed by atoms with Gasteiger partial charge in [0.25, 0.3) is 11.8 Å². The normalized spacial score (nSPS) is 14.5. The smallest absolute Gasteiger partial charge is 0.357 e. The molecule has 1 aliphatic rings. The molecule has 0 unspecified atom stereocenters. The zero-order valence-electron chi connectivity index (χ0n) is 20.2. The van der Waals surface area contributed by atoms with E-state index in [1.54, 1.807) is 5.43 Å². The molecule has 4 aromatic rings. The maximum atomic E-state index is 13.7. The summed E-state index contributed by atoms with van der Waals surface area (Å²) in [5.74, 6) is -5.01. The molecule has 2 N–H and O–H groups in total. The fourth-order valence-corrected chi connectivity index (χ4v) is 5.08. The predicted molar refractivity (Wildman–Crippen MR) is 126 cm³/mol. The average Bonchev–Trinajstić information content (AvgIpc) is 3.44. The van der Waals surface area contributed by atoms with Crippen LogP contribution >= 0.6 is 11.6 Å². The van der Waals surface area contributed by atoms with Gasteiger partial charge in [-0.15, -0.1) is 0 Å². The molecule has 0 saturated heterocycles. The molecule has 1 aliphatic heterocycles. The van der Waals surface area contributed by atoms with E-state index < -0.39 is 74.7 Å². The molecular formula is C24H12ClF9N4O3. The highest BCUT2D eigenvalue weighted by molar-refractivity contribution is 6.34. The number of rotatable bonds is 2. The van der Waals surface area contributed by atoms with E-state index in [-0.39, 0.29) is 49.4 Å². The van der Waals surface area contributed by atoms with E-state index in [0.29, 0.717) is 0 Å². The molecule has 0 atom stereocenters. The number of nitrogens with one attached hydrogen (secondary N) is 2. The third-order valence-electron chi connectivity index (χ3n) is 6.39. The molecule has 41 heavy (non-hydrogen) atoms. The van der Waals surface area contributed by atoms with Gasteiger partial charge in [0.1, 0.15) is 0 Å². The lowest BCUT2D eigenvalue weighted by atomic mass is 10.0. The monoisotopic (exact) mass is 610 g/mol. The molecule has 0 spiro atoms. The van der Waals surface area contributed by atoms with E-state index in [1.807, 2.05) is 0 Å². The van der Waals surface area contributed by atoms with Gasteiger partial charge in [0.2, 0.25) is 0 Å². The number of carbonyl (C=O) groups is 3. The van der Waals surface area contributed by atoms with Gasteiger partial charge in [-0.2, -0.15) is 44.5 Å². The van der Waals surface area contributed by atoms with Crippen LogP contribution in [0, 0.1) is 13.8 Å². The van der Waals surface area contributed by atoms with Crippen molar-refractivity contribution >= 4 is 56.8 Å². The molecule has 2 aromatic carbocycles. The summed E-state index contributed by atoms with van der Waals surface area (Å²) < 4.78 is 122. The number of hydrogen-bond donors (Lipinski definition) is 2. The topological polar surface area (TPSA) is 87.2 Å². The Morgan fingerprint density at radius 2 is 1.39 bits per heavy atom. The van der Waals surface area contributed by atoms with E-state index in [2.05, 4.69) is 4.98 Å². The number of aryl methyl sites for hydroxylation is 2. The summed E-state index contributed by atoms with van der Waals surface area (Å²) in [4.78, 5) is 41.9. The molecule has 0 bridgehead atoms. The van der Waals surface area contributed by atoms with Gasteiger partial charge in [-0.1, -0.05) is 11.6 Å². The molecule has 3 heterocycles. The second-order valence-electron chi connectivity index (χ2n) is 9.11. The number of aromatic amines is 1. The number of hydrazine groups is 1. The van der Waals surface area contributed by atoms with E-state index >= 15 is 0 Å². The van der Waals surface area contributed by atoms with E-state index in [9.17, 15) is 53.9 Å². The summed E-state index contributed by atoms with van der Waals surface area (Å²) >= 11 is 5.44. The van der Waals surface area contributed by atoms with Gasteiger partial charge >= 0.3 is 24.4 Å². The number of aromatic nitrogens is 2. The van der Waals surface area contributed by atoms with Crippen LogP contribution in [0.2, 0.25) is 5.02 Å². The first-order valence-corrected chi connectivity index (χ1v) is 11.5. The Hall–Kier alpha value is -4.21. The molecule has 5 rings (SSSR count). The largest absolute Gasteiger partial charge is 0.472 e. The van der Waals surface area contributed by atoms with Gasteiger partial charge in [-0.25, -0.2) is 0 Å². The van der Waals surface area contributed by atoms with Crippen molar-refractivity contribution < 1.29 is 53.9 Å². The van der Waals surface area contributed by atoms with Crippen molar-refractivity contribution in [2.24, 2.45) is 0 Å². The molecule has 0 fully saturated rings. The fraction of sp³-hybridized carbons (Fsp3) is 0.208. The van der Waals surface area contributed by atoms with Crippen LogP contribution in [0.1, 0.15) is 48.0 Å². The highest BCUT2D eigenvalue weighted by Gasteiger charge is 2.46. The van der Waals surface area contributed by atoms with E-state index in [4.69, 9.17) is 11.6 Å². The van der Waals surface area contributed by atoms with Crippen LogP contribution in [0.25, 0.3) is 21.8 Å². The quantitative estimate of drug-likeness (QED) is 0.185. The number of carbonyl (C=O) groups excluding carboxylic acids is 3. The number of H-pyrrole nitrogens is 1. The van der Waals surface area contributed by atoms with Crippen LogP contribution < -0.4 is 5.43 Å². The molecule has 7 nitrogen and oxygen atoms in total. The minimum Gasteiger partial charge on any atom is -0.357 e. The number of benzene rings is 2. The van der Waals surface area contributed by atoms with Gasteiger partial charge in [0, 0.05) is 22.2 Å². The van der Waals surface area contributed by atoms with Gasteiger partial charge in [-0.05, 0) is 38.1 Å². The van der Waals surface area contributed by atoms with Gasteiger partial charge < -0.3 is 4.98 Å². The van der Waals surface area contributed by atoms with Gasteiger partial charge in [0.15, 0.2) is 0 Å². The number of fused-ring (bicyclic) bond motifs is 6. The summed E-state index contributed by atoms with van der Waals surface area (Å²) in [6, 6.07) is 2.22. The van der Waals surface area contributed by atoms with Crippen molar-refractivity contribution in [2.45, 2.75) is 32.4 Å². The Kier molecular flexibility index (Phi) is 5.97. The molecule has 0 saturated carbocycles. The maximum Gasteiger partial charge on any atom is 0.472 e. The third kappa shape index (κ3) is 4.27. The summed E-state index contributed by atoms with van der Waals surface area (Å²) in [6.45, 7) is 2.57. The number of imide groups is 1. The average molecular weight is 611 g/mol. The first-order valence-electron chi connectivity index (χ1n) is 11.2. The maximum absolute atomic E-state index is 13.7. The van der Waals surface area contributed by atoms with Crippen LogP contribution in [-0.4, -0.2) is 38.5 Å². The predicted octanol–water partition coefficient (Wildman–Crippen LogP) is 7.26. The van der Waals surface area contributed by atoms with Crippen LogP contribution in [0.15, 0.2) is 24.3 Å². The minimum atomic E-state index is -5.35. The summed E-state index contributed by atoms with van der Waals surface area (Å²) in [7, 11) is 0. The summed E-state index contributed by atoms with van der Waals surface area (Å²) in [5.41, 5.74) is -4.61. The van der Waals surface area contributed by atoms with Crippen molar-refractivity contribution in [3.8, 4) is 0 Å². The third-order valence-corrected chi connectivity index (χ3v) is 6.70. The first-order chi connectivity index (χ1) is 18.7. The standard InChI is InChI=1S/C24H12ClF9N4O3/c1-7-3-9-15-16(10-4-8(2)37(18(10)17(9)35-7)21(41)24(32,33)34)20(40)38(19(15)39)36-14-6-11(22(26,27)28)13(25)5-12(14)23(29,30)31/h3-6,35-36H,1-2H3. The Morgan fingerprint density at radius 1 is 0.829 bits per heavy atom. The number of nitrogens with zero attached hydrogens (tertiary/aromatic N) is 2. The number of halogens is 10. The number of hydrogen-bond acceptors (Lipinski definition) is 4. The Balaban J connectivity index is 1.75. The minimum absolute atomic E-state index is 0.0166. The van der Waals surface area contributed by atoms with Crippen molar-refractivity contribution in [1.82, 2.24) is 14.6 Å². The molecule has 0 radical (unpaired) electrons. The van der Waals surface area contributed by atoms with Crippen molar-refractivity contribution in [2.75, 3.05) is 5.43 Å². The first kappa shape index (κ1) is 28.3. The Labute approximate surface area is 226 Å². The zero-order chi connectivity index (χ0) is 30.6. The van der Waals surface area contributed by atoms with Crippen LogP contribution in [0.3, 0.4) is 0 Å². The SMILES string of the molecule is Cc1cc2c3c(c4cc(C)n(C(=O)C(F)(F)F)c4c2[nH]1)C(=O)N(Nc1cc(C(F)(F)F)c(Cl)cc1C(F)(F)F)C3=O. The zero-order valence-corrected chi connectivity index (χ0v) is 21.0. The number of alkyl halides is 9. The highest BCUT2D eigenvalue weighted by atomic mass is 35.5. The van der Waals surface area contributed by atoms with Crippen LogP contribution in [-0.2, 0) is 12.4 Å². The second kappa shape index (κ2) is 8.64. The lowest BCUT2D eigenvalue weighted by Gasteiger charge is -2.22.